The van der Waals surface area contributed by atoms with Crippen LogP contribution in [0.1, 0.15) is 18.4 Å². The third-order valence-corrected chi connectivity index (χ3v) is 2.26. The number of rotatable bonds is 2. The summed E-state index contributed by atoms with van der Waals surface area (Å²) in [5.74, 6) is -1.53. The summed E-state index contributed by atoms with van der Waals surface area (Å²) in [6, 6.07) is 4.47. The maximum atomic E-state index is 10.6. The Morgan fingerprint density at radius 3 is 2.69 bits per heavy atom. The molecule has 0 saturated carbocycles. The van der Waals surface area contributed by atoms with Crippen LogP contribution in [0.5, 0.6) is 5.75 Å². The van der Waals surface area contributed by atoms with Crippen molar-refractivity contribution in [3.8, 4) is 5.75 Å². The monoisotopic (exact) mass is 198 g/mol. The minimum Gasteiger partial charge on any atom is -0.508 e. The maximum Gasteiger partial charge on any atom is 0.310 e. The third-order valence-electron chi connectivity index (χ3n) is 1.85. The summed E-state index contributed by atoms with van der Waals surface area (Å²) in [6.45, 7) is 1.55. The van der Waals surface area contributed by atoms with E-state index in [-0.39, 0.29) is 5.75 Å². The topological polar surface area (TPSA) is 57.5 Å². The SMILES string of the molecule is CC(C(=O)O)c1cc(O)ccc1S. The van der Waals surface area contributed by atoms with Gasteiger partial charge in [-0.25, -0.2) is 0 Å². The van der Waals surface area contributed by atoms with Crippen molar-refractivity contribution in [3.05, 3.63) is 23.8 Å². The largest absolute Gasteiger partial charge is 0.508 e. The number of benzene rings is 1. The van der Waals surface area contributed by atoms with Crippen molar-refractivity contribution < 1.29 is 15.0 Å². The zero-order chi connectivity index (χ0) is 10.0. The van der Waals surface area contributed by atoms with E-state index < -0.39 is 11.9 Å². The van der Waals surface area contributed by atoms with E-state index in [4.69, 9.17) is 10.2 Å². The van der Waals surface area contributed by atoms with E-state index >= 15 is 0 Å². The highest BCUT2D eigenvalue weighted by Crippen LogP contribution is 2.26. The Morgan fingerprint density at radius 1 is 1.54 bits per heavy atom. The first kappa shape index (κ1) is 9.92. The van der Waals surface area contributed by atoms with E-state index in [9.17, 15) is 4.79 Å². The molecule has 13 heavy (non-hydrogen) atoms. The minimum atomic E-state index is -0.930. The number of carboxylic acids is 1. The fourth-order valence-corrected chi connectivity index (χ4v) is 1.35. The van der Waals surface area contributed by atoms with E-state index in [1.165, 1.54) is 12.1 Å². The van der Waals surface area contributed by atoms with Crippen LogP contribution < -0.4 is 0 Å². The van der Waals surface area contributed by atoms with Crippen molar-refractivity contribution in [2.24, 2.45) is 0 Å². The van der Waals surface area contributed by atoms with Gasteiger partial charge in [0.15, 0.2) is 0 Å². The molecule has 0 heterocycles. The number of hydrogen-bond donors (Lipinski definition) is 3. The number of aliphatic carboxylic acids is 1. The number of carboxylic acid groups (broad SMARTS) is 1. The average Bonchev–Trinajstić information content (AvgIpc) is 2.08. The highest BCUT2D eigenvalue weighted by molar-refractivity contribution is 7.80. The third kappa shape index (κ3) is 2.15. The molecule has 4 heteroatoms. The number of phenolic OH excluding ortho intramolecular Hbond substituents is 1. The first-order valence-corrected chi connectivity index (χ1v) is 4.21. The molecule has 0 fully saturated rings. The number of aromatic hydroxyl groups is 1. The van der Waals surface area contributed by atoms with Crippen LogP contribution in [0.15, 0.2) is 23.1 Å². The quantitative estimate of drug-likeness (QED) is 0.636. The average molecular weight is 198 g/mol. The van der Waals surface area contributed by atoms with Gasteiger partial charge in [-0.1, -0.05) is 0 Å². The van der Waals surface area contributed by atoms with Crippen LogP contribution in [0.2, 0.25) is 0 Å². The first-order valence-electron chi connectivity index (χ1n) is 3.77. The molecule has 1 atom stereocenters. The Labute approximate surface area is 81.4 Å². The smallest absolute Gasteiger partial charge is 0.310 e. The van der Waals surface area contributed by atoms with Crippen LogP contribution in [0.25, 0.3) is 0 Å². The van der Waals surface area contributed by atoms with Gasteiger partial charge in [0.2, 0.25) is 0 Å². The highest BCUT2D eigenvalue weighted by atomic mass is 32.1. The fraction of sp³-hybridized carbons (Fsp3) is 0.222. The number of hydrogen-bond acceptors (Lipinski definition) is 3. The molecule has 3 nitrogen and oxygen atoms in total. The second-order valence-corrected chi connectivity index (χ2v) is 3.28. The molecule has 0 aliphatic carbocycles. The predicted octanol–water partition coefficient (Wildman–Crippen LogP) is 1.87. The van der Waals surface area contributed by atoms with Gasteiger partial charge in [0, 0.05) is 4.90 Å². The molecule has 0 radical (unpaired) electrons. The van der Waals surface area contributed by atoms with Gasteiger partial charge in [0.1, 0.15) is 5.75 Å². The lowest BCUT2D eigenvalue weighted by Gasteiger charge is -2.09. The molecule has 1 aromatic carbocycles. The van der Waals surface area contributed by atoms with Crippen LogP contribution in [0, 0.1) is 0 Å². The van der Waals surface area contributed by atoms with Crippen molar-refractivity contribution in [1.29, 1.82) is 0 Å². The predicted molar refractivity (Wildman–Crippen MR) is 51.4 cm³/mol. The summed E-state index contributed by atoms with van der Waals surface area (Å²) in [7, 11) is 0. The molecule has 0 aliphatic heterocycles. The lowest BCUT2D eigenvalue weighted by Crippen LogP contribution is -2.07. The maximum absolute atomic E-state index is 10.6. The second kappa shape index (κ2) is 3.70. The Hall–Kier alpha value is -1.16. The van der Waals surface area contributed by atoms with Crippen LogP contribution in [0.4, 0.5) is 0 Å². The number of carbonyl (C=O) groups is 1. The Bertz CT molecular complexity index is 336. The Balaban J connectivity index is 3.12. The zero-order valence-corrected chi connectivity index (χ0v) is 7.95. The zero-order valence-electron chi connectivity index (χ0n) is 7.06. The van der Waals surface area contributed by atoms with Crippen molar-refractivity contribution in [1.82, 2.24) is 0 Å². The van der Waals surface area contributed by atoms with Crippen molar-refractivity contribution in [2.75, 3.05) is 0 Å². The molecule has 0 aromatic heterocycles. The lowest BCUT2D eigenvalue weighted by atomic mass is 10.0. The first-order chi connectivity index (χ1) is 6.02. The molecule has 70 valence electrons. The summed E-state index contributed by atoms with van der Waals surface area (Å²) in [5, 5.41) is 17.9. The van der Waals surface area contributed by atoms with Gasteiger partial charge in [-0.3, -0.25) is 4.79 Å². The van der Waals surface area contributed by atoms with Crippen molar-refractivity contribution >= 4 is 18.6 Å². The lowest BCUT2D eigenvalue weighted by molar-refractivity contribution is -0.138. The Morgan fingerprint density at radius 2 is 2.15 bits per heavy atom. The molecule has 1 rings (SSSR count). The van der Waals surface area contributed by atoms with E-state index in [1.54, 1.807) is 13.0 Å². The van der Waals surface area contributed by atoms with Crippen LogP contribution >= 0.6 is 12.6 Å². The summed E-state index contributed by atoms with van der Waals surface area (Å²) < 4.78 is 0. The van der Waals surface area contributed by atoms with E-state index in [1.807, 2.05) is 0 Å². The van der Waals surface area contributed by atoms with Crippen LogP contribution in [0.3, 0.4) is 0 Å². The van der Waals surface area contributed by atoms with Crippen LogP contribution in [-0.4, -0.2) is 16.2 Å². The van der Waals surface area contributed by atoms with Gasteiger partial charge in [-0.05, 0) is 30.7 Å². The van der Waals surface area contributed by atoms with Crippen LogP contribution in [-0.2, 0) is 4.79 Å². The fourth-order valence-electron chi connectivity index (χ4n) is 1.02. The van der Waals surface area contributed by atoms with Gasteiger partial charge < -0.3 is 10.2 Å². The van der Waals surface area contributed by atoms with Gasteiger partial charge in [-0.15, -0.1) is 12.6 Å². The second-order valence-electron chi connectivity index (χ2n) is 2.80. The molecule has 0 saturated heterocycles. The summed E-state index contributed by atoms with van der Waals surface area (Å²) in [6.07, 6.45) is 0. The molecule has 0 bridgehead atoms. The molecule has 1 aromatic rings. The van der Waals surface area contributed by atoms with E-state index in [2.05, 4.69) is 12.6 Å². The standard InChI is InChI=1S/C9H10O3S/c1-5(9(11)12)7-4-6(10)2-3-8(7)13/h2-5,10,13H,1H3,(H,11,12). The summed E-state index contributed by atoms with van der Waals surface area (Å²) >= 11 is 4.10. The Kier molecular flexibility index (Phi) is 2.83. The van der Waals surface area contributed by atoms with Crippen molar-refractivity contribution in [2.45, 2.75) is 17.7 Å². The van der Waals surface area contributed by atoms with Gasteiger partial charge in [0.25, 0.3) is 0 Å². The van der Waals surface area contributed by atoms with Gasteiger partial charge >= 0.3 is 5.97 Å². The highest BCUT2D eigenvalue weighted by Gasteiger charge is 2.16. The molecule has 0 aliphatic rings. The molecule has 0 spiro atoms. The summed E-state index contributed by atoms with van der Waals surface area (Å²) in [5.41, 5.74) is 0.524. The molecule has 0 amide bonds. The number of thiol groups is 1. The van der Waals surface area contributed by atoms with Gasteiger partial charge in [0.05, 0.1) is 5.92 Å². The molecular weight excluding hydrogens is 188 g/mol. The normalized spacial score (nSPS) is 12.5. The minimum absolute atomic E-state index is 0.0564. The molecular formula is C9H10O3S. The molecule has 2 N–H and O–H groups in total. The van der Waals surface area contributed by atoms with E-state index in [0.29, 0.717) is 10.5 Å². The van der Waals surface area contributed by atoms with Crippen molar-refractivity contribution in [3.63, 3.8) is 0 Å². The number of phenols is 1. The molecule has 1 unspecified atom stereocenters. The summed E-state index contributed by atoms with van der Waals surface area (Å²) in [4.78, 5) is 11.2. The van der Waals surface area contributed by atoms with E-state index in [0.717, 1.165) is 0 Å². The van der Waals surface area contributed by atoms with Gasteiger partial charge in [-0.2, -0.15) is 0 Å².